The Kier molecular flexibility index (Phi) is 9.19. The van der Waals surface area contributed by atoms with Gasteiger partial charge in [0.1, 0.15) is 4.88 Å². The van der Waals surface area contributed by atoms with Crippen LogP contribution >= 0.6 is 11.3 Å². The van der Waals surface area contributed by atoms with Crippen LogP contribution in [0.5, 0.6) is 0 Å². The Morgan fingerprint density at radius 2 is 1.76 bits per heavy atom. The van der Waals surface area contributed by atoms with E-state index < -0.39 is 0 Å². The van der Waals surface area contributed by atoms with Crippen LogP contribution in [0.1, 0.15) is 42.3 Å². The van der Waals surface area contributed by atoms with Gasteiger partial charge < -0.3 is 10.4 Å². The molecule has 194 valence electrons. The number of hydrazone groups is 1. The Balaban J connectivity index is 1.37. The van der Waals surface area contributed by atoms with Gasteiger partial charge in [0.15, 0.2) is 0 Å². The first-order valence-electron chi connectivity index (χ1n) is 12.4. The molecule has 3 aromatic rings. The number of piperazine rings is 1. The molecule has 0 radical (unpaired) electrons. The number of amides is 2. The molecule has 1 aliphatic heterocycles. The van der Waals surface area contributed by atoms with Crippen LogP contribution in [-0.4, -0.2) is 72.3 Å². The highest BCUT2D eigenvalue weighted by Crippen LogP contribution is 2.28. The monoisotopic (exact) mass is 519 g/mol. The summed E-state index contributed by atoms with van der Waals surface area (Å²) in [4.78, 5) is 30.9. The van der Waals surface area contributed by atoms with Gasteiger partial charge in [0.2, 0.25) is 0 Å². The van der Waals surface area contributed by atoms with E-state index in [9.17, 15) is 9.59 Å². The summed E-state index contributed by atoms with van der Waals surface area (Å²) in [7, 11) is 0. The Labute approximate surface area is 221 Å². The van der Waals surface area contributed by atoms with Crippen molar-refractivity contribution in [3.63, 3.8) is 0 Å². The molecular weight excluding hydrogens is 486 g/mol. The van der Waals surface area contributed by atoms with Crippen molar-refractivity contribution >= 4 is 35.1 Å². The third kappa shape index (κ3) is 7.33. The first-order chi connectivity index (χ1) is 17.9. The minimum Gasteiger partial charge on any atom is -0.395 e. The number of nitrogens with one attached hydrogen (secondary N) is 2. The van der Waals surface area contributed by atoms with Gasteiger partial charge >= 0.3 is 0 Å². The number of nitrogens with zero attached hydrogens (tertiary/aromatic N) is 3. The SMILES string of the molecule is Cc1ccc(C=NNC(=O)c2scc(C)c2NC(=O)c2cccc(CN3CCN(CCO)CC3)c2)cc1. The van der Waals surface area contributed by atoms with E-state index in [0.29, 0.717) is 22.7 Å². The standard InChI is InChI=1S/C28H33N5O3S/c1-20-6-8-22(9-7-20)17-29-31-28(36)26-25(21(2)19-37-26)30-27(35)24-5-3-4-23(16-24)18-33-12-10-32(11-13-33)14-15-34/h3-9,16-17,19,34H,10-15,18H2,1-2H3,(H,30,35)(H,31,36). The second-order valence-corrected chi connectivity index (χ2v) is 10.1. The fraction of sp³-hybridized carbons (Fsp3) is 0.321. The van der Waals surface area contributed by atoms with E-state index in [1.807, 2.05) is 61.7 Å². The molecule has 37 heavy (non-hydrogen) atoms. The maximum absolute atomic E-state index is 13.1. The molecule has 4 rings (SSSR count). The quantitative estimate of drug-likeness (QED) is 0.297. The van der Waals surface area contributed by atoms with E-state index in [1.165, 1.54) is 11.3 Å². The van der Waals surface area contributed by atoms with Crippen LogP contribution in [0.15, 0.2) is 59.0 Å². The molecule has 8 nitrogen and oxygen atoms in total. The highest BCUT2D eigenvalue weighted by molar-refractivity contribution is 7.13. The number of aryl methyl sites for hydroxylation is 2. The van der Waals surface area contributed by atoms with Crippen molar-refractivity contribution in [2.24, 2.45) is 5.10 Å². The molecule has 1 aromatic heterocycles. The van der Waals surface area contributed by atoms with Gasteiger partial charge in [-0.2, -0.15) is 5.10 Å². The van der Waals surface area contributed by atoms with Crippen LogP contribution in [0.4, 0.5) is 5.69 Å². The number of β-amino-alcohol motifs (C(OH)–C–C–N with tert-alkyl or cyclic N) is 1. The van der Waals surface area contributed by atoms with Crippen LogP contribution in [0.25, 0.3) is 0 Å². The zero-order chi connectivity index (χ0) is 26.2. The zero-order valence-corrected chi connectivity index (χ0v) is 22.1. The lowest BCUT2D eigenvalue weighted by Gasteiger charge is -2.34. The molecule has 0 aliphatic carbocycles. The van der Waals surface area contributed by atoms with Crippen LogP contribution in [0.3, 0.4) is 0 Å². The lowest BCUT2D eigenvalue weighted by molar-refractivity contribution is 0.0960. The Bertz CT molecular complexity index is 1250. The van der Waals surface area contributed by atoms with Gasteiger partial charge in [-0.3, -0.25) is 19.4 Å². The van der Waals surface area contributed by atoms with Gasteiger partial charge in [-0.25, -0.2) is 5.43 Å². The van der Waals surface area contributed by atoms with Gasteiger partial charge in [-0.15, -0.1) is 11.3 Å². The number of carbonyl (C=O) groups is 2. The lowest BCUT2D eigenvalue weighted by Crippen LogP contribution is -2.46. The average Bonchev–Trinajstić information content (AvgIpc) is 3.26. The van der Waals surface area contributed by atoms with Crippen molar-refractivity contribution in [1.82, 2.24) is 15.2 Å². The minimum atomic E-state index is -0.370. The average molecular weight is 520 g/mol. The maximum atomic E-state index is 13.1. The fourth-order valence-corrected chi connectivity index (χ4v) is 5.10. The first kappa shape index (κ1) is 26.7. The van der Waals surface area contributed by atoms with E-state index in [-0.39, 0.29) is 18.4 Å². The van der Waals surface area contributed by atoms with Gasteiger partial charge in [0.25, 0.3) is 11.8 Å². The lowest BCUT2D eigenvalue weighted by atomic mass is 10.1. The van der Waals surface area contributed by atoms with Gasteiger partial charge in [0, 0.05) is 44.8 Å². The second-order valence-electron chi connectivity index (χ2n) is 9.23. The molecule has 1 fully saturated rings. The predicted octanol–water partition coefficient (Wildman–Crippen LogP) is 3.49. The molecular formula is C28H33N5O3S. The van der Waals surface area contributed by atoms with E-state index >= 15 is 0 Å². The number of hydrogen-bond acceptors (Lipinski definition) is 7. The summed E-state index contributed by atoms with van der Waals surface area (Å²) >= 11 is 1.27. The zero-order valence-electron chi connectivity index (χ0n) is 21.2. The van der Waals surface area contributed by atoms with E-state index in [2.05, 4.69) is 25.6 Å². The van der Waals surface area contributed by atoms with Gasteiger partial charge in [-0.1, -0.05) is 42.0 Å². The van der Waals surface area contributed by atoms with Crippen LogP contribution in [-0.2, 0) is 6.54 Å². The van der Waals surface area contributed by atoms with Crippen LogP contribution < -0.4 is 10.7 Å². The molecule has 0 bridgehead atoms. The third-order valence-electron chi connectivity index (χ3n) is 6.35. The summed E-state index contributed by atoms with van der Waals surface area (Å²) in [6.45, 7) is 9.25. The predicted molar refractivity (Wildman–Crippen MR) is 148 cm³/mol. The fourth-order valence-electron chi connectivity index (χ4n) is 4.20. The number of hydrogen-bond donors (Lipinski definition) is 3. The number of anilines is 1. The molecule has 0 spiro atoms. The largest absolute Gasteiger partial charge is 0.395 e. The summed E-state index contributed by atoms with van der Waals surface area (Å²) < 4.78 is 0. The van der Waals surface area contributed by atoms with E-state index in [4.69, 9.17) is 5.11 Å². The molecule has 2 aromatic carbocycles. The molecule has 0 atom stereocenters. The van der Waals surface area contributed by atoms with Gasteiger partial charge in [0.05, 0.1) is 18.5 Å². The van der Waals surface area contributed by atoms with Crippen molar-refractivity contribution in [3.05, 3.63) is 86.6 Å². The topological polar surface area (TPSA) is 97.3 Å². The number of thiophene rings is 1. The molecule has 2 heterocycles. The number of rotatable bonds is 9. The molecule has 3 N–H and O–H groups in total. The maximum Gasteiger partial charge on any atom is 0.283 e. The molecule has 1 aliphatic rings. The van der Waals surface area contributed by atoms with Crippen molar-refractivity contribution in [1.29, 1.82) is 0 Å². The molecule has 0 unspecified atom stereocenters. The summed E-state index contributed by atoms with van der Waals surface area (Å²) in [6.07, 6.45) is 1.59. The number of benzene rings is 2. The minimum absolute atomic E-state index is 0.185. The first-order valence-corrected chi connectivity index (χ1v) is 13.2. The smallest absolute Gasteiger partial charge is 0.283 e. The van der Waals surface area contributed by atoms with E-state index in [0.717, 1.165) is 55.0 Å². The van der Waals surface area contributed by atoms with Crippen molar-refractivity contribution in [3.8, 4) is 0 Å². The molecule has 2 amide bonds. The van der Waals surface area contributed by atoms with Crippen LogP contribution in [0, 0.1) is 13.8 Å². The Morgan fingerprint density at radius 1 is 1.03 bits per heavy atom. The van der Waals surface area contributed by atoms with Crippen molar-refractivity contribution in [2.45, 2.75) is 20.4 Å². The molecule has 9 heteroatoms. The van der Waals surface area contributed by atoms with Gasteiger partial charge in [-0.05, 0) is 48.1 Å². The van der Waals surface area contributed by atoms with E-state index in [1.54, 1.807) is 12.3 Å². The molecule has 0 saturated carbocycles. The number of aliphatic hydroxyl groups is 1. The normalized spacial score (nSPS) is 14.7. The van der Waals surface area contributed by atoms with Crippen molar-refractivity contribution in [2.75, 3.05) is 44.6 Å². The van der Waals surface area contributed by atoms with Crippen LogP contribution in [0.2, 0.25) is 0 Å². The summed E-state index contributed by atoms with van der Waals surface area (Å²) in [5, 5.41) is 18.0. The second kappa shape index (κ2) is 12.7. The highest BCUT2D eigenvalue weighted by atomic mass is 32.1. The highest BCUT2D eigenvalue weighted by Gasteiger charge is 2.20. The van der Waals surface area contributed by atoms with Crippen molar-refractivity contribution < 1.29 is 14.7 Å². The Morgan fingerprint density at radius 3 is 2.49 bits per heavy atom. The molecule has 1 saturated heterocycles. The summed E-state index contributed by atoms with van der Waals surface area (Å²) in [6, 6.07) is 15.4. The summed E-state index contributed by atoms with van der Waals surface area (Å²) in [5.41, 5.74) is 7.53. The third-order valence-corrected chi connectivity index (χ3v) is 7.45. The Hall–Kier alpha value is -3.37. The number of aliphatic hydroxyl groups excluding tert-OH is 1. The summed E-state index contributed by atoms with van der Waals surface area (Å²) in [5.74, 6) is -0.626. The number of carbonyl (C=O) groups excluding carboxylic acids is 2.